The van der Waals surface area contributed by atoms with Crippen molar-refractivity contribution < 1.29 is 0 Å². The first-order valence-corrected chi connectivity index (χ1v) is 18.7. The second-order valence-corrected chi connectivity index (χ2v) is 14.0. The van der Waals surface area contributed by atoms with Gasteiger partial charge in [-0.1, -0.05) is 206 Å². The van der Waals surface area contributed by atoms with Crippen LogP contribution in [0, 0.1) is 0 Å². The fourth-order valence-corrected chi connectivity index (χ4v) is 8.33. The van der Waals surface area contributed by atoms with Crippen molar-refractivity contribution in [3.8, 4) is 66.8 Å². The summed E-state index contributed by atoms with van der Waals surface area (Å²) in [6.07, 6.45) is 0. The van der Waals surface area contributed by atoms with Crippen LogP contribution in [-0.2, 0) is 0 Å². The molecule has 0 spiro atoms. The Morgan fingerprint density at radius 3 is 1.09 bits per heavy atom. The highest BCUT2D eigenvalue weighted by Crippen LogP contribution is 2.45. The zero-order valence-electron chi connectivity index (χ0n) is 29.8. The predicted molar refractivity (Wildman–Crippen MR) is 232 cm³/mol. The molecule has 0 N–H and O–H groups in total. The third-order valence-electron chi connectivity index (χ3n) is 10.9. The van der Waals surface area contributed by atoms with Crippen molar-refractivity contribution in [2.75, 3.05) is 0 Å². The first-order valence-electron chi connectivity index (χ1n) is 18.7. The third kappa shape index (κ3) is 5.57. The zero-order valence-corrected chi connectivity index (χ0v) is 29.8. The summed E-state index contributed by atoms with van der Waals surface area (Å²) in [6, 6.07) is 79.7. The van der Waals surface area contributed by atoms with Gasteiger partial charge in [0.1, 0.15) is 0 Å². The van der Waals surface area contributed by atoms with Gasteiger partial charge in [-0.25, -0.2) is 0 Å². The van der Waals surface area contributed by atoms with E-state index < -0.39 is 0 Å². The van der Waals surface area contributed by atoms with Gasteiger partial charge in [-0.15, -0.1) is 0 Å². The summed E-state index contributed by atoms with van der Waals surface area (Å²) >= 11 is 0. The molecule has 0 radical (unpaired) electrons. The second kappa shape index (κ2) is 13.5. The van der Waals surface area contributed by atoms with Crippen LogP contribution in [0.5, 0.6) is 0 Å². The van der Waals surface area contributed by atoms with Crippen LogP contribution in [0.1, 0.15) is 0 Å². The van der Waals surface area contributed by atoms with Gasteiger partial charge in [0.2, 0.25) is 0 Å². The Morgan fingerprint density at radius 1 is 0.167 bits per heavy atom. The Labute approximate surface area is 316 Å². The molecule has 0 amide bonds. The van der Waals surface area contributed by atoms with Gasteiger partial charge in [0, 0.05) is 0 Å². The van der Waals surface area contributed by atoms with Gasteiger partial charge in [0.15, 0.2) is 0 Å². The first-order chi connectivity index (χ1) is 26.8. The van der Waals surface area contributed by atoms with Crippen LogP contribution in [0.3, 0.4) is 0 Å². The van der Waals surface area contributed by atoms with Crippen molar-refractivity contribution in [2.24, 2.45) is 0 Å². The summed E-state index contributed by atoms with van der Waals surface area (Å²) in [5.74, 6) is 0. The normalized spacial score (nSPS) is 11.3. The molecular weight excluding hydrogens is 649 g/mol. The fraction of sp³-hybridized carbons (Fsp3) is 0. The lowest BCUT2D eigenvalue weighted by molar-refractivity contribution is 1.58. The van der Waals surface area contributed by atoms with Crippen LogP contribution in [0.4, 0.5) is 0 Å². The highest BCUT2D eigenvalue weighted by Gasteiger charge is 2.18. The van der Waals surface area contributed by atoms with Crippen molar-refractivity contribution in [3.05, 3.63) is 218 Å². The minimum absolute atomic E-state index is 1.20. The molecule has 0 saturated carbocycles. The van der Waals surface area contributed by atoms with E-state index in [0.29, 0.717) is 0 Å². The number of hydrogen-bond donors (Lipinski definition) is 0. The lowest BCUT2D eigenvalue weighted by Crippen LogP contribution is -1.92. The van der Waals surface area contributed by atoms with Crippen LogP contribution in [-0.4, -0.2) is 0 Å². The zero-order chi connectivity index (χ0) is 35.8. The van der Waals surface area contributed by atoms with Crippen LogP contribution >= 0.6 is 0 Å². The molecule has 10 aromatic rings. The van der Waals surface area contributed by atoms with E-state index in [4.69, 9.17) is 0 Å². The van der Waals surface area contributed by atoms with Crippen LogP contribution in [0.25, 0.3) is 99.1 Å². The van der Waals surface area contributed by atoms with Crippen molar-refractivity contribution >= 4 is 32.3 Å². The molecule has 54 heavy (non-hydrogen) atoms. The Hall–Kier alpha value is -7.02. The summed E-state index contributed by atoms with van der Waals surface area (Å²) < 4.78 is 0. The number of hydrogen-bond acceptors (Lipinski definition) is 0. The van der Waals surface area contributed by atoms with E-state index in [1.807, 2.05) is 0 Å². The average molecular weight is 685 g/mol. The molecular formula is C54H36. The number of fused-ring (bicyclic) bond motifs is 3. The minimum atomic E-state index is 1.20. The molecule has 0 saturated heterocycles. The summed E-state index contributed by atoms with van der Waals surface area (Å²) in [5.41, 5.74) is 14.8. The van der Waals surface area contributed by atoms with Crippen LogP contribution < -0.4 is 0 Å². The molecule has 0 fully saturated rings. The van der Waals surface area contributed by atoms with Gasteiger partial charge < -0.3 is 0 Å². The fourth-order valence-electron chi connectivity index (χ4n) is 8.33. The summed E-state index contributed by atoms with van der Waals surface area (Å²) in [5, 5.41) is 7.55. The molecule has 252 valence electrons. The molecule has 0 aromatic heterocycles. The highest BCUT2D eigenvalue weighted by molar-refractivity contribution is 6.22. The SMILES string of the molecule is c1ccc(-c2cccc(-c3ccc(-c4ccc(-c5ccccc5)c5ccc(-c6c7ccccc7c(-c7ccccc7)c7ccccc67)cc45)cc3)c2)cc1. The van der Waals surface area contributed by atoms with Crippen molar-refractivity contribution in [1.82, 2.24) is 0 Å². The molecule has 0 nitrogen and oxygen atoms in total. The predicted octanol–water partition coefficient (Wildman–Crippen LogP) is 15.1. The van der Waals surface area contributed by atoms with Gasteiger partial charge in [-0.3, -0.25) is 0 Å². The molecule has 10 rings (SSSR count). The standard InChI is InChI=1S/C54H36/c1-4-15-37(16-5-1)42-21-14-22-43(35-42)38-27-29-40(30-28-38)46-34-33-45(39-17-6-2-7-18-39)47-32-31-44(36-52(46)47)54-50-25-12-10-23-48(50)53(41-19-8-3-9-20-41)49-24-11-13-26-51(49)54/h1-36H. The van der Waals surface area contributed by atoms with Crippen molar-refractivity contribution in [2.45, 2.75) is 0 Å². The number of benzene rings is 10. The van der Waals surface area contributed by atoms with Gasteiger partial charge in [-0.2, -0.15) is 0 Å². The van der Waals surface area contributed by atoms with E-state index in [9.17, 15) is 0 Å². The van der Waals surface area contributed by atoms with E-state index in [2.05, 4.69) is 218 Å². The lowest BCUT2D eigenvalue weighted by Gasteiger charge is -2.19. The molecule has 0 aliphatic carbocycles. The Balaban J connectivity index is 1.17. The van der Waals surface area contributed by atoms with Gasteiger partial charge in [-0.05, 0) is 111 Å². The Morgan fingerprint density at radius 2 is 0.537 bits per heavy atom. The molecule has 0 aliphatic rings. The Kier molecular flexibility index (Phi) is 7.93. The first kappa shape index (κ1) is 31.7. The topological polar surface area (TPSA) is 0 Å². The monoisotopic (exact) mass is 684 g/mol. The quantitative estimate of drug-likeness (QED) is 0.153. The molecule has 10 aromatic carbocycles. The maximum absolute atomic E-state index is 2.44. The Bertz CT molecular complexity index is 2880. The largest absolute Gasteiger partial charge is 0.0622 e. The molecule has 0 unspecified atom stereocenters. The number of rotatable bonds is 6. The maximum Gasteiger partial charge on any atom is -0.00261 e. The third-order valence-corrected chi connectivity index (χ3v) is 10.9. The maximum atomic E-state index is 2.44. The van der Waals surface area contributed by atoms with Gasteiger partial charge in [0.05, 0.1) is 0 Å². The van der Waals surface area contributed by atoms with Crippen molar-refractivity contribution in [1.29, 1.82) is 0 Å². The lowest BCUT2D eigenvalue weighted by atomic mass is 9.84. The van der Waals surface area contributed by atoms with Gasteiger partial charge >= 0.3 is 0 Å². The van der Waals surface area contributed by atoms with E-state index in [1.54, 1.807) is 0 Å². The highest BCUT2D eigenvalue weighted by atomic mass is 14.2. The molecule has 0 atom stereocenters. The molecule has 0 heterocycles. The smallest absolute Gasteiger partial charge is 0.00261 e. The molecule has 0 bridgehead atoms. The van der Waals surface area contributed by atoms with Crippen molar-refractivity contribution in [3.63, 3.8) is 0 Å². The van der Waals surface area contributed by atoms with Crippen LogP contribution in [0.2, 0.25) is 0 Å². The summed E-state index contributed by atoms with van der Waals surface area (Å²) in [7, 11) is 0. The van der Waals surface area contributed by atoms with E-state index in [-0.39, 0.29) is 0 Å². The molecule has 0 heteroatoms. The van der Waals surface area contributed by atoms with E-state index in [1.165, 1.54) is 99.1 Å². The van der Waals surface area contributed by atoms with E-state index in [0.717, 1.165) is 0 Å². The minimum Gasteiger partial charge on any atom is -0.0622 e. The second-order valence-electron chi connectivity index (χ2n) is 14.0. The summed E-state index contributed by atoms with van der Waals surface area (Å²) in [4.78, 5) is 0. The van der Waals surface area contributed by atoms with E-state index >= 15 is 0 Å². The van der Waals surface area contributed by atoms with Crippen LogP contribution in [0.15, 0.2) is 218 Å². The van der Waals surface area contributed by atoms with Gasteiger partial charge in [0.25, 0.3) is 0 Å². The summed E-state index contributed by atoms with van der Waals surface area (Å²) in [6.45, 7) is 0. The molecule has 0 aliphatic heterocycles. The average Bonchev–Trinajstić information content (AvgIpc) is 3.26.